The predicted octanol–water partition coefficient (Wildman–Crippen LogP) is 3.93. The second-order valence-corrected chi connectivity index (χ2v) is 8.20. The van der Waals surface area contributed by atoms with Gasteiger partial charge in [0.15, 0.2) is 5.96 Å². The first-order valence-corrected chi connectivity index (χ1v) is 11.0. The molecule has 2 unspecified atom stereocenters. The number of piperidine rings is 1. The van der Waals surface area contributed by atoms with Crippen LogP contribution in [0.1, 0.15) is 36.2 Å². The number of nitrogens with zero attached hydrogens (tertiary/aromatic N) is 2. The molecule has 4 nitrogen and oxygen atoms in total. The lowest BCUT2D eigenvalue weighted by molar-refractivity contribution is 0.128. The summed E-state index contributed by atoms with van der Waals surface area (Å²) in [6.07, 6.45) is 3.52. The Hall–Kier alpha value is -1.85. The molecule has 0 bridgehead atoms. The second-order valence-electron chi connectivity index (χ2n) is 7.23. The summed E-state index contributed by atoms with van der Waals surface area (Å²) in [4.78, 5) is 8.91. The van der Waals surface area contributed by atoms with Crippen molar-refractivity contribution in [2.45, 2.75) is 32.2 Å². The van der Waals surface area contributed by atoms with E-state index in [-0.39, 0.29) is 0 Å². The molecule has 0 saturated carbocycles. The number of aliphatic imine (C=N–C) groups is 1. The molecule has 2 N–H and O–H groups in total. The number of nitrogens with one attached hydrogen (secondary N) is 2. The van der Waals surface area contributed by atoms with E-state index in [9.17, 15) is 0 Å². The van der Waals surface area contributed by atoms with Gasteiger partial charge in [-0.2, -0.15) is 0 Å². The van der Waals surface area contributed by atoms with Crippen LogP contribution in [0.2, 0.25) is 0 Å². The zero-order valence-electron chi connectivity index (χ0n) is 16.5. The summed E-state index contributed by atoms with van der Waals surface area (Å²) in [7, 11) is 2.25. The number of benzene rings is 1. The molecule has 0 aliphatic carbocycles. The summed E-state index contributed by atoms with van der Waals surface area (Å²) in [6.45, 7) is 5.95. The number of rotatable bonds is 7. The molecule has 2 aromatic rings. The van der Waals surface area contributed by atoms with Gasteiger partial charge in [0.25, 0.3) is 0 Å². The molecular weight excluding hydrogens is 352 g/mol. The van der Waals surface area contributed by atoms with E-state index in [1.54, 1.807) is 0 Å². The van der Waals surface area contributed by atoms with E-state index >= 15 is 0 Å². The smallest absolute Gasteiger partial charge is 0.191 e. The van der Waals surface area contributed by atoms with E-state index in [1.807, 2.05) is 11.3 Å². The van der Waals surface area contributed by atoms with Gasteiger partial charge >= 0.3 is 0 Å². The molecular formula is C22H32N4S. The molecule has 3 rings (SSSR count). The lowest BCUT2D eigenvalue weighted by atomic mass is 9.88. The van der Waals surface area contributed by atoms with Crippen molar-refractivity contribution in [3.63, 3.8) is 0 Å². The number of hydrogen-bond donors (Lipinski definition) is 2. The highest BCUT2D eigenvalue weighted by atomic mass is 32.1. The number of hydrogen-bond acceptors (Lipinski definition) is 3. The van der Waals surface area contributed by atoms with E-state index < -0.39 is 0 Å². The average molecular weight is 385 g/mol. The van der Waals surface area contributed by atoms with E-state index in [1.165, 1.54) is 29.8 Å². The third-order valence-corrected chi connectivity index (χ3v) is 6.16. The van der Waals surface area contributed by atoms with Crippen molar-refractivity contribution in [2.24, 2.45) is 10.9 Å². The Bertz CT molecular complexity index is 684. The van der Waals surface area contributed by atoms with E-state index in [2.05, 4.69) is 77.3 Å². The van der Waals surface area contributed by atoms with Crippen LogP contribution >= 0.6 is 11.3 Å². The highest BCUT2D eigenvalue weighted by molar-refractivity contribution is 7.10. The fourth-order valence-electron chi connectivity index (χ4n) is 3.88. The number of likely N-dealkylation sites (tertiary alicyclic amines) is 1. The first-order valence-electron chi connectivity index (χ1n) is 10.1. The summed E-state index contributed by atoms with van der Waals surface area (Å²) in [5.41, 5.74) is 1.35. The van der Waals surface area contributed by atoms with Gasteiger partial charge < -0.3 is 10.6 Å². The van der Waals surface area contributed by atoms with Crippen molar-refractivity contribution in [3.8, 4) is 0 Å². The first kappa shape index (κ1) is 19.9. The normalized spacial score (nSPS) is 21.2. The topological polar surface area (TPSA) is 39.7 Å². The lowest BCUT2D eigenvalue weighted by Crippen LogP contribution is -2.40. The van der Waals surface area contributed by atoms with Crippen molar-refractivity contribution in [2.75, 3.05) is 33.2 Å². The van der Waals surface area contributed by atoms with Crippen LogP contribution in [-0.2, 0) is 6.42 Å². The van der Waals surface area contributed by atoms with Crippen LogP contribution in [0.25, 0.3) is 0 Å². The van der Waals surface area contributed by atoms with Crippen molar-refractivity contribution >= 4 is 17.3 Å². The van der Waals surface area contributed by atoms with Crippen LogP contribution in [-0.4, -0.2) is 44.1 Å². The van der Waals surface area contributed by atoms with Crippen LogP contribution in [0, 0.1) is 5.92 Å². The summed E-state index contributed by atoms with van der Waals surface area (Å²) >= 11 is 1.87. The fourth-order valence-corrected chi connectivity index (χ4v) is 4.86. The van der Waals surface area contributed by atoms with Crippen LogP contribution in [0.4, 0.5) is 0 Å². The minimum Gasteiger partial charge on any atom is -0.357 e. The van der Waals surface area contributed by atoms with Crippen LogP contribution in [0.15, 0.2) is 52.8 Å². The highest BCUT2D eigenvalue weighted by Gasteiger charge is 2.31. The molecule has 1 aromatic heterocycles. The highest BCUT2D eigenvalue weighted by Crippen LogP contribution is 2.37. The predicted molar refractivity (Wildman–Crippen MR) is 117 cm³/mol. The van der Waals surface area contributed by atoms with Crippen LogP contribution in [0.5, 0.6) is 0 Å². The van der Waals surface area contributed by atoms with Crippen LogP contribution < -0.4 is 10.6 Å². The van der Waals surface area contributed by atoms with Gasteiger partial charge in [-0.1, -0.05) is 36.4 Å². The van der Waals surface area contributed by atoms with Gasteiger partial charge in [0.2, 0.25) is 0 Å². The molecule has 1 fully saturated rings. The Morgan fingerprint density at radius 2 is 2.04 bits per heavy atom. The summed E-state index contributed by atoms with van der Waals surface area (Å²) in [6, 6.07) is 15.5. The third-order valence-electron chi connectivity index (χ3n) is 5.22. The Morgan fingerprint density at radius 3 is 2.78 bits per heavy atom. The second kappa shape index (κ2) is 10.5. The van der Waals surface area contributed by atoms with Gasteiger partial charge in [0.1, 0.15) is 0 Å². The Labute approximate surface area is 167 Å². The van der Waals surface area contributed by atoms with Crippen molar-refractivity contribution in [3.05, 3.63) is 58.3 Å². The monoisotopic (exact) mass is 384 g/mol. The molecule has 2 heterocycles. The maximum Gasteiger partial charge on any atom is 0.191 e. The quantitative estimate of drug-likeness (QED) is 0.561. The summed E-state index contributed by atoms with van der Waals surface area (Å²) in [5.74, 6) is 1.51. The Balaban J connectivity index is 1.59. The lowest BCUT2D eigenvalue weighted by Gasteiger charge is -2.38. The molecule has 5 heteroatoms. The molecule has 146 valence electrons. The van der Waals surface area contributed by atoms with E-state index in [4.69, 9.17) is 4.99 Å². The van der Waals surface area contributed by atoms with Gasteiger partial charge in [-0.3, -0.25) is 9.89 Å². The molecule has 1 saturated heterocycles. The summed E-state index contributed by atoms with van der Waals surface area (Å²) < 4.78 is 0. The fraction of sp³-hybridized carbons (Fsp3) is 0.500. The maximum atomic E-state index is 4.94. The van der Waals surface area contributed by atoms with E-state index in [0.29, 0.717) is 12.0 Å². The SMILES string of the molecule is CCNC(=NCC1CCCN(C)C1c1cccs1)NCCc1ccccc1. The molecule has 1 aromatic carbocycles. The summed E-state index contributed by atoms with van der Waals surface area (Å²) in [5, 5.41) is 9.08. The minimum atomic E-state index is 0.495. The zero-order valence-corrected chi connectivity index (χ0v) is 17.3. The Morgan fingerprint density at radius 1 is 1.19 bits per heavy atom. The number of guanidine groups is 1. The van der Waals surface area contributed by atoms with E-state index in [0.717, 1.165) is 32.0 Å². The maximum absolute atomic E-state index is 4.94. The molecule has 0 amide bonds. The molecule has 0 radical (unpaired) electrons. The zero-order chi connectivity index (χ0) is 18.9. The first-order chi connectivity index (χ1) is 13.3. The molecule has 0 spiro atoms. The largest absolute Gasteiger partial charge is 0.357 e. The average Bonchev–Trinajstić information content (AvgIpc) is 3.21. The van der Waals surface area contributed by atoms with Crippen molar-refractivity contribution in [1.82, 2.24) is 15.5 Å². The minimum absolute atomic E-state index is 0.495. The molecule has 2 atom stereocenters. The van der Waals surface area contributed by atoms with Crippen molar-refractivity contribution in [1.29, 1.82) is 0 Å². The van der Waals surface area contributed by atoms with Crippen LogP contribution in [0.3, 0.4) is 0 Å². The Kier molecular flexibility index (Phi) is 7.72. The standard InChI is InChI=1S/C22H32N4S/c1-3-23-22(24-14-13-18-9-5-4-6-10-18)25-17-19-11-7-15-26(2)21(19)20-12-8-16-27-20/h4-6,8-10,12,16,19,21H,3,7,11,13-15,17H2,1-2H3,(H2,23,24,25). The van der Waals surface area contributed by atoms with Gasteiger partial charge in [-0.05, 0) is 62.7 Å². The van der Waals surface area contributed by atoms with Crippen molar-refractivity contribution < 1.29 is 0 Å². The van der Waals surface area contributed by atoms with Gasteiger partial charge in [-0.15, -0.1) is 11.3 Å². The van der Waals surface area contributed by atoms with Gasteiger partial charge in [0, 0.05) is 30.6 Å². The number of thiophene rings is 1. The molecule has 27 heavy (non-hydrogen) atoms. The molecule has 1 aliphatic rings. The third kappa shape index (κ3) is 5.81. The molecule has 1 aliphatic heterocycles. The van der Waals surface area contributed by atoms with Gasteiger partial charge in [-0.25, -0.2) is 0 Å². The van der Waals surface area contributed by atoms with Gasteiger partial charge in [0.05, 0.1) is 0 Å².